The predicted molar refractivity (Wildman–Crippen MR) is 71.8 cm³/mol. The summed E-state index contributed by atoms with van der Waals surface area (Å²) in [4.78, 5) is 2.57. The van der Waals surface area contributed by atoms with E-state index in [1.54, 1.807) is 0 Å². The first-order valence-electron chi connectivity index (χ1n) is 7.16. The maximum absolute atomic E-state index is 3.79. The van der Waals surface area contributed by atoms with Crippen LogP contribution in [0.3, 0.4) is 0 Å². The molecule has 1 N–H and O–H groups in total. The summed E-state index contributed by atoms with van der Waals surface area (Å²) in [6, 6.07) is 0.753. The van der Waals surface area contributed by atoms with E-state index in [1.807, 2.05) is 0 Å². The van der Waals surface area contributed by atoms with Gasteiger partial charge < -0.3 is 10.2 Å². The molecular weight excluding hydrogens is 196 g/mol. The van der Waals surface area contributed by atoms with E-state index in [4.69, 9.17) is 0 Å². The maximum Gasteiger partial charge on any atom is 0.0117 e. The van der Waals surface area contributed by atoms with Gasteiger partial charge in [0.2, 0.25) is 0 Å². The first kappa shape index (κ1) is 14.0. The molecule has 0 aromatic heterocycles. The molecule has 1 aliphatic heterocycles. The van der Waals surface area contributed by atoms with Crippen molar-refractivity contribution in [1.82, 2.24) is 10.2 Å². The van der Waals surface area contributed by atoms with Crippen LogP contribution < -0.4 is 5.32 Å². The van der Waals surface area contributed by atoms with E-state index in [0.29, 0.717) is 0 Å². The highest BCUT2D eigenvalue weighted by atomic mass is 15.1. The average molecular weight is 226 g/mol. The molecule has 2 unspecified atom stereocenters. The molecule has 2 nitrogen and oxygen atoms in total. The van der Waals surface area contributed by atoms with Crippen molar-refractivity contribution in [2.24, 2.45) is 11.8 Å². The van der Waals surface area contributed by atoms with E-state index in [2.05, 4.69) is 37.9 Å². The van der Waals surface area contributed by atoms with Crippen molar-refractivity contribution < 1.29 is 0 Å². The lowest BCUT2D eigenvalue weighted by atomic mass is 9.93. The molecule has 0 amide bonds. The zero-order valence-electron chi connectivity index (χ0n) is 11.6. The molecule has 1 saturated heterocycles. The second-order valence-corrected chi connectivity index (χ2v) is 5.36. The van der Waals surface area contributed by atoms with Crippen molar-refractivity contribution in [2.75, 3.05) is 26.2 Å². The first-order valence-corrected chi connectivity index (χ1v) is 7.16. The summed E-state index contributed by atoms with van der Waals surface area (Å²) < 4.78 is 0. The van der Waals surface area contributed by atoms with Crippen LogP contribution in [0.2, 0.25) is 0 Å². The van der Waals surface area contributed by atoms with Gasteiger partial charge in [-0.15, -0.1) is 0 Å². The second kappa shape index (κ2) is 7.29. The lowest BCUT2D eigenvalue weighted by molar-refractivity contribution is 0.150. The fourth-order valence-electron chi connectivity index (χ4n) is 2.72. The molecule has 1 rings (SSSR count). The van der Waals surface area contributed by atoms with E-state index in [9.17, 15) is 0 Å². The fourth-order valence-corrected chi connectivity index (χ4v) is 2.72. The Morgan fingerprint density at radius 2 is 1.94 bits per heavy atom. The third-order valence-corrected chi connectivity index (χ3v) is 4.26. The number of likely N-dealkylation sites (tertiary alicyclic amines) is 1. The summed E-state index contributed by atoms with van der Waals surface area (Å²) in [6.45, 7) is 14.3. The molecule has 96 valence electrons. The molecular formula is C14H30N2. The van der Waals surface area contributed by atoms with E-state index < -0.39 is 0 Å². The molecule has 1 fully saturated rings. The second-order valence-electron chi connectivity index (χ2n) is 5.36. The Morgan fingerprint density at radius 1 is 1.25 bits per heavy atom. The van der Waals surface area contributed by atoms with Crippen LogP contribution in [0, 0.1) is 11.8 Å². The normalized spacial score (nSPS) is 27.6. The highest BCUT2D eigenvalue weighted by molar-refractivity contribution is 4.82. The average Bonchev–Trinajstić information content (AvgIpc) is 2.32. The summed E-state index contributed by atoms with van der Waals surface area (Å²) in [5, 5.41) is 3.79. The molecule has 2 heteroatoms. The largest absolute Gasteiger partial charge is 0.313 e. The summed E-state index contributed by atoms with van der Waals surface area (Å²) in [5.74, 6) is 1.68. The van der Waals surface area contributed by atoms with Crippen LogP contribution >= 0.6 is 0 Å². The van der Waals surface area contributed by atoms with Gasteiger partial charge in [-0.3, -0.25) is 0 Å². The Kier molecular flexibility index (Phi) is 6.37. The minimum absolute atomic E-state index is 0.753. The number of rotatable bonds is 6. The number of nitrogens with zero attached hydrogens (tertiary/aromatic N) is 1. The van der Waals surface area contributed by atoms with E-state index in [0.717, 1.165) is 17.9 Å². The zero-order valence-corrected chi connectivity index (χ0v) is 11.6. The third-order valence-electron chi connectivity index (χ3n) is 4.26. The molecule has 1 heterocycles. The van der Waals surface area contributed by atoms with Crippen LogP contribution in [-0.4, -0.2) is 37.1 Å². The smallest absolute Gasteiger partial charge is 0.0117 e. The van der Waals surface area contributed by atoms with Crippen LogP contribution in [0.4, 0.5) is 0 Å². The quantitative estimate of drug-likeness (QED) is 0.749. The Morgan fingerprint density at radius 3 is 2.44 bits per heavy atom. The van der Waals surface area contributed by atoms with Gasteiger partial charge in [0.25, 0.3) is 0 Å². The van der Waals surface area contributed by atoms with Gasteiger partial charge in [0.15, 0.2) is 0 Å². The van der Waals surface area contributed by atoms with Gasteiger partial charge in [0, 0.05) is 12.6 Å². The van der Waals surface area contributed by atoms with E-state index >= 15 is 0 Å². The van der Waals surface area contributed by atoms with Gasteiger partial charge >= 0.3 is 0 Å². The summed E-state index contributed by atoms with van der Waals surface area (Å²) >= 11 is 0. The maximum atomic E-state index is 3.79. The Labute approximate surface area is 102 Å². The minimum atomic E-state index is 0.753. The third kappa shape index (κ3) is 4.06. The molecule has 0 aliphatic carbocycles. The van der Waals surface area contributed by atoms with Crippen molar-refractivity contribution in [3.63, 3.8) is 0 Å². The topological polar surface area (TPSA) is 15.3 Å². The highest BCUT2D eigenvalue weighted by Gasteiger charge is 2.24. The number of hydrogen-bond donors (Lipinski definition) is 1. The molecule has 16 heavy (non-hydrogen) atoms. The summed E-state index contributed by atoms with van der Waals surface area (Å²) in [5.41, 5.74) is 0. The van der Waals surface area contributed by atoms with Crippen molar-refractivity contribution in [3.8, 4) is 0 Å². The molecule has 1 aliphatic rings. The van der Waals surface area contributed by atoms with Crippen molar-refractivity contribution in [2.45, 2.75) is 53.0 Å². The summed E-state index contributed by atoms with van der Waals surface area (Å²) in [6.07, 6.45) is 3.95. The molecule has 2 atom stereocenters. The Hall–Kier alpha value is -0.0800. The van der Waals surface area contributed by atoms with Crippen LogP contribution in [0.1, 0.15) is 47.0 Å². The summed E-state index contributed by atoms with van der Waals surface area (Å²) in [7, 11) is 0. The number of nitrogens with one attached hydrogen (secondary N) is 1. The van der Waals surface area contributed by atoms with Crippen molar-refractivity contribution in [3.05, 3.63) is 0 Å². The van der Waals surface area contributed by atoms with Gasteiger partial charge in [-0.2, -0.15) is 0 Å². The molecule has 0 saturated carbocycles. The monoisotopic (exact) mass is 226 g/mol. The molecule has 0 radical (unpaired) electrons. The van der Waals surface area contributed by atoms with Crippen molar-refractivity contribution in [1.29, 1.82) is 0 Å². The molecule has 0 bridgehead atoms. The van der Waals surface area contributed by atoms with Gasteiger partial charge in [0.1, 0.15) is 0 Å². The van der Waals surface area contributed by atoms with Crippen LogP contribution in [0.15, 0.2) is 0 Å². The van der Waals surface area contributed by atoms with E-state index in [-0.39, 0.29) is 0 Å². The number of piperidine rings is 1. The highest BCUT2D eigenvalue weighted by Crippen LogP contribution is 2.17. The number of hydrogen-bond acceptors (Lipinski definition) is 2. The zero-order chi connectivity index (χ0) is 12.0. The van der Waals surface area contributed by atoms with Gasteiger partial charge in [-0.05, 0) is 37.9 Å². The van der Waals surface area contributed by atoms with Crippen LogP contribution in [0.5, 0.6) is 0 Å². The van der Waals surface area contributed by atoms with Gasteiger partial charge in [-0.1, -0.05) is 40.5 Å². The van der Waals surface area contributed by atoms with E-state index in [1.165, 1.54) is 45.4 Å². The van der Waals surface area contributed by atoms with Gasteiger partial charge in [-0.25, -0.2) is 0 Å². The standard InChI is InChI=1S/C14H30N2/c1-5-13(6-2)10-15-14-8-9-16(7-3)11-12(14)4/h12-15H,5-11H2,1-4H3. The van der Waals surface area contributed by atoms with Gasteiger partial charge in [0.05, 0.1) is 0 Å². The van der Waals surface area contributed by atoms with Crippen molar-refractivity contribution >= 4 is 0 Å². The first-order chi connectivity index (χ1) is 7.71. The molecule has 0 aromatic rings. The lowest BCUT2D eigenvalue weighted by Gasteiger charge is -2.37. The fraction of sp³-hybridized carbons (Fsp3) is 1.00. The van der Waals surface area contributed by atoms with Crippen LogP contribution in [-0.2, 0) is 0 Å². The Balaban J connectivity index is 2.27. The molecule has 0 spiro atoms. The van der Waals surface area contributed by atoms with Crippen LogP contribution in [0.25, 0.3) is 0 Å². The lowest BCUT2D eigenvalue weighted by Crippen LogP contribution is -2.49. The SMILES string of the molecule is CCC(CC)CNC1CCN(CC)CC1C. The minimum Gasteiger partial charge on any atom is -0.313 e. The molecule has 0 aromatic carbocycles. The Bertz CT molecular complexity index is 178. The predicted octanol–water partition coefficient (Wildman–Crippen LogP) is 2.74.